The molecule has 6 heteroatoms. The quantitative estimate of drug-likeness (QED) is 0.718. The summed E-state index contributed by atoms with van der Waals surface area (Å²) in [5, 5.41) is 8.47. The molecule has 0 unspecified atom stereocenters. The van der Waals surface area contributed by atoms with E-state index in [0.29, 0.717) is 6.54 Å². The van der Waals surface area contributed by atoms with Crippen molar-refractivity contribution in [2.45, 2.75) is 39.7 Å². The van der Waals surface area contributed by atoms with Gasteiger partial charge in [-0.15, -0.1) is 0 Å². The van der Waals surface area contributed by atoms with E-state index < -0.39 is 0 Å². The van der Waals surface area contributed by atoms with Crippen LogP contribution in [0.3, 0.4) is 0 Å². The van der Waals surface area contributed by atoms with Gasteiger partial charge in [0.1, 0.15) is 12.4 Å². The van der Waals surface area contributed by atoms with Crippen LogP contribution < -0.4 is 5.32 Å². The molecule has 0 saturated heterocycles. The summed E-state index contributed by atoms with van der Waals surface area (Å²) in [5.41, 5.74) is 2.14. The van der Waals surface area contributed by atoms with Crippen molar-refractivity contribution >= 4 is 16.8 Å². The molecule has 0 bridgehead atoms. The number of hydrogen-bond acceptors (Lipinski definition) is 4. The number of amides is 1. The van der Waals surface area contributed by atoms with Crippen LogP contribution in [0.4, 0.5) is 0 Å². The minimum atomic E-state index is -0.0459. The molecule has 1 aromatic carbocycles. The average molecular weight is 337 g/mol. The van der Waals surface area contributed by atoms with Crippen LogP contribution in [0, 0.1) is 0 Å². The largest absolute Gasteiger partial charge is 0.354 e. The number of rotatable bonds is 7. The van der Waals surface area contributed by atoms with Crippen LogP contribution >= 0.6 is 0 Å². The summed E-state index contributed by atoms with van der Waals surface area (Å²) in [7, 11) is 0. The summed E-state index contributed by atoms with van der Waals surface area (Å²) >= 11 is 0. The van der Waals surface area contributed by atoms with Crippen molar-refractivity contribution < 1.29 is 4.79 Å². The highest BCUT2D eigenvalue weighted by Gasteiger charge is 2.11. The number of hydrogen-bond donors (Lipinski definition) is 1. The minimum absolute atomic E-state index is 0.0459. The van der Waals surface area contributed by atoms with E-state index in [9.17, 15) is 4.79 Å². The number of benzene rings is 1. The fourth-order valence-electron chi connectivity index (χ4n) is 2.86. The Morgan fingerprint density at radius 3 is 2.80 bits per heavy atom. The standard InChI is InChI=1S/C19H23N5O/c1-3-16-22-17(4-2)24(23-16)13-18(25)20-12-10-15-8-5-7-14-9-6-11-21-19(14)15/h5-9,11H,3-4,10,12-13H2,1-2H3,(H,20,25). The van der Waals surface area contributed by atoms with Gasteiger partial charge in [0, 0.05) is 31.0 Å². The van der Waals surface area contributed by atoms with Gasteiger partial charge >= 0.3 is 0 Å². The second-order valence-electron chi connectivity index (χ2n) is 5.90. The van der Waals surface area contributed by atoms with Crippen molar-refractivity contribution in [3.05, 3.63) is 53.7 Å². The predicted molar refractivity (Wildman–Crippen MR) is 97.2 cm³/mol. The smallest absolute Gasteiger partial charge is 0.241 e. The topological polar surface area (TPSA) is 72.7 Å². The minimum Gasteiger partial charge on any atom is -0.354 e. The van der Waals surface area contributed by atoms with Crippen molar-refractivity contribution in [1.82, 2.24) is 25.1 Å². The average Bonchev–Trinajstić information content (AvgIpc) is 3.04. The van der Waals surface area contributed by atoms with Gasteiger partial charge in [-0.3, -0.25) is 9.78 Å². The van der Waals surface area contributed by atoms with Gasteiger partial charge in [-0.05, 0) is 18.1 Å². The van der Waals surface area contributed by atoms with E-state index in [2.05, 4.69) is 26.4 Å². The predicted octanol–water partition coefficient (Wildman–Crippen LogP) is 2.31. The van der Waals surface area contributed by atoms with Crippen LogP contribution in [0.1, 0.15) is 31.1 Å². The molecule has 6 nitrogen and oxygen atoms in total. The maximum absolute atomic E-state index is 12.2. The molecular weight excluding hydrogens is 314 g/mol. The van der Waals surface area contributed by atoms with E-state index in [1.165, 1.54) is 0 Å². The normalized spacial score (nSPS) is 11.0. The molecule has 0 saturated carbocycles. The molecule has 0 radical (unpaired) electrons. The lowest BCUT2D eigenvalue weighted by Crippen LogP contribution is -2.30. The van der Waals surface area contributed by atoms with Gasteiger partial charge < -0.3 is 5.32 Å². The molecule has 3 rings (SSSR count). The Kier molecular flexibility index (Phi) is 5.38. The third-order valence-corrected chi connectivity index (χ3v) is 4.15. The van der Waals surface area contributed by atoms with E-state index in [1.54, 1.807) is 10.9 Å². The fraction of sp³-hybridized carbons (Fsp3) is 0.368. The molecule has 1 amide bonds. The Labute approximate surface area is 147 Å². The monoisotopic (exact) mass is 337 g/mol. The first-order valence-electron chi connectivity index (χ1n) is 8.73. The summed E-state index contributed by atoms with van der Waals surface area (Å²) in [4.78, 5) is 21.1. The van der Waals surface area contributed by atoms with Gasteiger partial charge in [0.25, 0.3) is 0 Å². The van der Waals surface area contributed by atoms with Gasteiger partial charge in [-0.25, -0.2) is 9.67 Å². The molecule has 0 aliphatic rings. The van der Waals surface area contributed by atoms with E-state index >= 15 is 0 Å². The third-order valence-electron chi connectivity index (χ3n) is 4.15. The Hall–Kier alpha value is -2.76. The first kappa shape index (κ1) is 17.1. The van der Waals surface area contributed by atoms with Crippen LogP contribution in [0.5, 0.6) is 0 Å². The lowest BCUT2D eigenvalue weighted by atomic mass is 10.1. The van der Waals surface area contributed by atoms with Gasteiger partial charge in [0.05, 0.1) is 5.52 Å². The number of carbonyl (C=O) groups excluding carboxylic acids is 1. The summed E-state index contributed by atoms with van der Waals surface area (Å²) in [5.74, 6) is 1.59. The van der Waals surface area contributed by atoms with Crippen molar-refractivity contribution in [2.24, 2.45) is 0 Å². The lowest BCUT2D eigenvalue weighted by Gasteiger charge is -2.08. The van der Waals surface area contributed by atoms with Crippen molar-refractivity contribution in [2.75, 3.05) is 6.54 Å². The zero-order chi connectivity index (χ0) is 17.6. The van der Waals surface area contributed by atoms with Crippen LogP contribution in [-0.4, -0.2) is 32.2 Å². The molecule has 1 N–H and O–H groups in total. The summed E-state index contributed by atoms with van der Waals surface area (Å²) < 4.78 is 1.70. The fourth-order valence-corrected chi connectivity index (χ4v) is 2.86. The number of aryl methyl sites for hydroxylation is 2. The first-order valence-corrected chi connectivity index (χ1v) is 8.73. The number of pyridine rings is 1. The lowest BCUT2D eigenvalue weighted by molar-refractivity contribution is -0.121. The highest BCUT2D eigenvalue weighted by Crippen LogP contribution is 2.15. The zero-order valence-electron chi connectivity index (χ0n) is 14.7. The van der Waals surface area contributed by atoms with E-state index in [-0.39, 0.29) is 12.5 Å². The SMILES string of the molecule is CCc1nc(CC)n(CC(=O)NCCc2cccc3cccnc23)n1. The van der Waals surface area contributed by atoms with Gasteiger partial charge in [-0.2, -0.15) is 5.10 Å². The maximum atomic E-state index is 12.2. The Morgan fingerprint density at radius 2 is 2.00 bits per heavy atom. The second kappa shape index (κ2) is 7.88. The Bertz CT molecular complexity index is 866. The summed E-state index contributed by atoms with van der Waals surface area (Å²) in [6, 6.07) is 10.1. The van der Waals surface area contributed by atoms with Crippen LogP contribution in [-0.2, 0) is 30.6 Å². The van der Waals surface area contributed by atoms with Crippen LogP contribution in [0.25, 0.3) is 10.9 Å². The molecule has 3 aromatic rings. The van der Waals surface area contributed by atoms with Gasteiger partial charge in [0.15, 0.2) is 5.82 Å². The van der Waals surface area contributed by atoms with Crippen molar-refractivity contribution in [3.8, 4) is 0 Å². The number of fused-ring (bicyclic) bond motifs is 1. The first-order chi connectivity index (χ1) is 12.2. The highest BCUT2D eigenvalue weighted by atomic mass is 16.2. The number of carbonyl (C=O) groups is 1. The van der Waals surface area contributed by atoms with E-state index in [1.807, 2.05) is 38.1 Å². The molecule has 0 aliphatic heterocycles. The summed E-state index contributed by atoms with van der Waals surface area (Å²) in [6.07, 6.45) is 4.09. The molecule has 25 heavy (non-hydrogen) atoms. The zero-order valence-corrected chi connectivity index (χ0v) is 14.7. The maximum Gasteiger partial charge on any atom is 0.241 e. The molecule has 2 aromatic heterocycles. The molecule has 130 valence electrons. The van der Waals surface area contributed by atoms with Crippen LogP contribution in [0.2, 0.25) is 0 Å². The van der Waals surface area contributed by atoms with E-state index in [0.717, 1.165) is 47.4 Å². The summed E-state index contributed by atoms with van der Waals surface area (Å²) in [6.45, 7) is 4.82. The van der Waals surface area contributed by atoms with E-state index in [4.69, 9.17) is 0 Å². The molecule has 2 heterocycles. The van der Waals surface area contributed by atoms with Crippen molar-refractivity contribution in [3.63, 3.8) is 0 Å². The molecular formula is C19H23N5O. The Morgan fingerprint density at radius 1 is 1.16 bits per heavy atom. The van der Waals surface area contributed by atoms with Crippen molar-refractivity contribution in [1.29, 1.82) is 0 Å². The Balaban J connectivity index is 1.58. The number of para-hydroxylation sites is 1. The number of aromatic nitrogens is 4. The highest BCUT2D eigenvalue weighted by molar-refractivity contribution is 5.81. The molecule has 0 fully saturated rings. The molecule has 0 aliphatic carbocycles. The number of nitrogens with one attached hydrogen (secondary N) is 1. The molecule has 0 atom stereocenters. The second-order valence-corrected chi connectivity index (χ2v) is 5.90. The van der Waals surface area contributed by atoms with Gasteiger partial charge in [0.2, 0.25) is 5.91 Å². The van der Waals surface area contributed by atoms with Crippen LogP contribution in [0.15, 0.2) is 36.5 Å². The van der Waals surface area contributed by atoms with Gasteiger partial charge in [-0.1, -0.05) is 38.1 Å². The number of nitrogens with zero attached hydrogens (tertiary/aromatic N) is 4. The molecule has 0 spiro atoms. The third kappa shape index (κ3) is 4.02.